The average molecular weight is 129 g/mol. The van der Waals surface area contributed by atoms with Crippen molar-refractivity contribution in [3.63, 3.8) is 0 Å². The standard InChI is InChI=1S/C6H11NS/c7-6-4-1-3(8)2-5(4)6/h3-6,8H,1-2,7H2. The number of rotatable bonds is 0. The number of hydrogen-bond donors (Lipinski definition) is 2. The van der Waals surface area contributed by atoms with Crippen LogP contribution in [0.25, 0.3) is 0 Å². The highest BCUT2D eigenvalue weighted by Crippen LogP contribution is 2.51. The minimum absolute atomic E-state index is 0.554. The van der Waals surface area contributed by atoms with Crippen molar-refractivity contribution < 1.29 is 0 Å². The van der Waals surface area contributed by atoms with E-state index in [1.165, 1.54) is 12.8 Å². The number of fused-ring (bicyclic) bond motifs is 1. The number of hydrogen-bond acceptors (Lipinski definition) is 2. The summed E-state index contributed by atoms with van der Waals surface area (Å²) in [7, 11) is 0. The SMILES string of the molecule is NC1C2CC(S)CC12. The molecule has 2 saturated carbocycles. The lowest BCUT2D eigenvalue weighted by Gasteiger charge is -2.02. The Balaban J connectivity index is 2.00. The van der Waals surface area contributed by atoms with Crippen molar-refractivity contribution in [2.75, 3.05) is 0 Å². The van der Waals surface area contributed by atoms with Gasteiger partial charge in [0.15, 0.2) is 0 Å². The van der Waals surface area contributed by atoms with Gasteiger partial charge in [0, 0.05) is 11.3 Å². The van der Waals surface area contributed by atoms with Crippen molar-refractivity contribution in [3.8, 4) is 0 Å². The van der Waals surface area contributed by atoms with Gasteiger partial charge in [-0.25, -0.2) is 0 Å². The van der Waals surface area contributed by atoms with E-state index in [9.17, 15) is 0 Å². The van der Waals surface area contributed by atoms with E-state index in [4.69, 9.17) is 5.73 Å². The molecule has 1 nitrogen and oxygen atoms in total. The molecule has 2 aliphatic rings. The fourth-order valence-corrected chi connectivity index (χ4v) is 2.35. The molecular formula is C6H11NS. The molecule has 0 aliphatic heterocycles. The molecule has 0 bridgehead atoms. The van der Waals surface area contributed by atoms with Crippen LogP contribution in [-0.4, -0.2) is 11.3 Å². The maximum absolute atomic E-state index is 5.70. The molecule has 0 aromatic heterocycles. The second kappa shape index (κ2) is 1.42. The smallest absolute Gasteiger partial charge is 0.0103 e. The van der Waals surface area contributed by atoms with E-state index in [1.807, 2.05) is 0 Å². The molecule has 0 radical (unpaired) electrons. The second-order valence-corrected chi connectivity index (χ2v) is 3.76. The molecular weight excluding hydrogens is 118 g/mol. The van der Waals surface area contributed by atoms with Crippen LogP contribution < -0.4 is 5.73 Å². The van der Waals surface area contributed by atoms with Crippen molar-refractivity contribution in [1.82, 2.24) is 0 Å². The Morgan fingerprint density at radius 2 is 1.75 bits per heavy atom. The second-order valence-electron chi connectivity index (χ2n) is 3.03. The van der Waals surface area contributed by atoms with Crippen LogP contribution in [0.3, 0.4) is 0 Å². The van der Waals surface area contributed by atoms with Gasteiger partial charge in [0.05, 0.1) is 0 Å². The molecule has 2 aliphatic carbocycles. The summed E-state index contributed by atoms with van der Waals surface area (Å²) in [4.78, 5) is 0. The molecule has 2 heteroatoms. The van der Waals surface area contributed by atoms with E-state index in [0.29, 0.717) is 11.3 Å². The van der Waals surface area contributed by atoms with Crippen LogP contribution in [0.4, 0.5) is 0 Å². The third-order valence-electron chi connectivity index (χ3n) is 2.49. The van der Waals surface area contributed by atoms with Crippen LogP contribution >= 0.6 is 12.6 Å². The van der Waals surface area contributed by atoms with Crippen LogP contribution in [0.5, 0.6) is 0 Å². The molecule has 0 aromatic carbocycles. The highest BCUT2D eigenvalue weighted by Gasteiger charge is 2.52. The van der Waals surface area contributed by atoms with Gasteiger partial charge in [0.2, 0.25) is 0 Å². The molecule has 0 amide bonds. The largest absolute Gasteiger partial charge is 0.327 e. The maximum Gasteiger partial charge on any atom is 0.0103 e. The van der Waals surface area contributed by atoms with Crippen LogP contribution in [-0.2, 0) is 0 Å². The predicted octanol–water partition coefficient (Wildman–Crippen LogP) is 0.652. The van der Waals surface area contributed by atoms with Gasteiger partial charge in [-0.3, -0.25) is 0 Å². The first-order valence-corrected chi connectivity index (χ1v) is 3.74. The summed E-state index contributed by atoms with van der Waals surface area (Å²) in [6.07, 6.45) is 2.55. The van der Waals surface area contributed by atoms with Gasteiger partial charge >= 0.3 is 0 Å². The Labute approximate surface area is 55.0 Å². The molecule has 8 heavy (non-hydrogen) atoms. The summed E-state index contributed by atoms with van der Waals surface area (Å²) in [5, 5.41) is 0.671. The lowest BCUT2D eigenvalue weighted by Crippen LogP contribution is -2.10. The lowest BCUT2D eigenvalue weighted by molar-refractivity contribution is 0.691. The van der Waals surface area contributed by atoms with Gasteiger partial charge in [-0.1, -0.05) is 0 Å². The first kappa shape index (κ1) is 5.12. The quantitative estimate of drug-likeness (QED) is 0.461. The van der Waals surface area contributed by atoms with Gasteiger partial charge < -0.3 is 5.73 Å². The van der Waals surface area contributed by atoms with Gasteiger partial charge in [-0.2, -0.15) is 12.6 Å². The van der Waals surface area contributed by atoms with Gasteiger partial charge in [0.1, 0.15) is 0 Å². The molecule has 2 fully saturated rings. The van der Waals surface area contributed by atoms with E-state index in [1.54, 1.807) is 0 Å². The molecule has 2 rings (SSSR count). The third kappa shape index (κ3) is 0.531. The normalized spacial score (nSPS) is 60.8. The lowest BCUT2D eigenvalue weighted by atomic mass is 10.2. The van der Waals surface area contributed by atoms with Crippen LogP contribution in [0, 0.1) is 11.8 Å². The molecule has 2 N–H and O–H groups in total. The van der Waals surface area contributed by atoms with Crippen LogP contribution in [0.2, 0.25) is 0 Å². The fourth-order valence-electron chi connectivity index (χ4n) is 1.86. The Hall–Kier alpha value is 0.310. The van der Waals surface area contributed by atoms with Gasteiger partial charge in [-0.05, 0) is 24.7 Å². The third-order valence-corrected chi connectivity index (χ3v) is 2.91. The molecule has 0 spiro atoms. The van der Waals surface area contributed by atoms with Crippen molar-refractivity contribution in [2.24, 2.45) is 17.6 Å². The molecule has 2 atom stereocenters. The Kier molecular flexibility index (Phi) is 0.910. The number of thiol groups is 1. The molecule has 2 unspecified atom stereocenters. The minimum atomic E-state index is 0.554. The summed E-state index contributed by atoms with van der Waals surface area (Å²) in [5.41, 5.74) is 5.70. The molecule has 0 aromatic rings. The summed E-state index contributed by atoms with van der Waals surface area (Å²) in [6, 6.07) is 0.554. The number of nitrogens with two attached hydrogens (primary N) is 1. The van der Waals surface area contributed by atoms with Crippen molar-refractivity contribution in [2.45, 2.75) is 24.1 Å². The van der Waals surface area contributed by atoms with Crippen LogP contribution in [0.15, 0.2) is 0 Å². The molecule has 0 heterocycles. The predicted molar refractivity (Wildman–Crippen MR) is 37.0 cm³/mol. The highest BCUT2D eigenvalue weighted by atomic mass is 32.1. The zero-order valence-corrected chi connectivity index (χ0v) is 5.64. The zero-order valence-electron chi connectivity index (χ0n) is 4.75. The monoisotopic (exact) mass is 129 g/mol. The summed E-state index contributed by atoms with van der Waals surface area (Å²) in [6.45, 7) is 0. The molecule has 0 saturated heterocycles. The summed E-state index contributed by atoms with van der Waals surface area (Å²) in [5.74, 6) is 1.72. The Morgan fingerprint density at radius 3 is 2.12 bits per heavy atom. The first-order valence-electron chi connectivity index (χ1n) is 3.22. The van der Waals surface area contributed by atoms with E-state index < -0.39 is 0 Å². The van der Waals surface area contributed by atoms with Crippen molar-refractivity contribution in [1.29, 1.82) is 0 Å². The van der Waals surface area contributed by atoms with E-state index in [-0.39, 0.29) is 0 Å². The van der Waals surface area contributed by atoms with Gasteiger partial charge in [0.25, 0.3) is 0 Å². The topological polar surface area (TPSA) is 26.0 Å². The van der Waals surface area contributed by atoms with Gasteiger partial charge in [-0.15, -0.1) is 0 Å². The minimum Gasteiger partial charge on any atom is -0.327 e. The van der Waals surface area contributed by atoms with Crippen molar-refractivity contribution >= 4 is 12.6 Å². The fraction of sp³-hybridized carbons (Fsp3) is 1.00. The van der Waals surface area contributed by atoms with Crippen molar-refractivity contribution in [3.05, 3.63) is 0 Å². The van der Waals surface area contributed by atoms with E-state index in [2.05, 4.69) is 12.6 Å². The Morgan fingerprint density at radius 1 is 1.25 bits per heavy atom. The Bertz CT molecular complexity index is 103. The highest BCUT2D eigenvalue weighted by molar-refractivity contribution is 7.81. The zero-order chi connectivity index (χ0) is 5.72. The summed E-state index contributed by atoms with van der Waals surface area (Å²) >= 11 is 4.37. The maximum atomic E-state index is 5.70. The summed E-state index contributed by atoms with van der Waals surface area (Å²) < 4.78 is 0. The molecule has 46 valence electrons. The van der Waals surface area contributed by atoms with Crippen LogP contribution in [0.1, 0.15) is 12.8 Å². The van der Waals surface area contributed by atoms with E-state index in [0.717, 1.165) is 11.8 Å². The van der Waals surface area contributed by atoms with E-state index >= 15 is 0 Å². The average Bonchev–Trinajstić information content (AvgIpc) is 2.29. The first-order chi connectivity index (χ1) is 3.79.